The van der Waals surface area contributed by atoms with Crippen molar-refractivity contribution >= 4 is 17.4 Å². The van der Waals surface area contributed by atoms with Crippen molar-refractivity contribution in [3.8, 4) is 0 Å². The standard InChI is InChI=1S/C21H20OS/c22-21(20-15-8-16-23-20)19(18-12-5-2-6-13-18)14-7-11-17-9-3-1-4-10-17/h1-13,15-16,19,21-22H,14H2/b11-7+. The highest BCUT2D eigenvalue weighted by Gasteiger charge is 2.22. The van der Waals surface area contributed by atoms with Gasteiger partial charge in [-0.25, -0.2) is 0 Å². The molecule has 116 valence electrons. The second-order valence-corrected chi connectivity index (χ2v) is 6.51. The fourth-order valence-electron chi connectivity index (χ4n) is 2.72. The molecule has 1 aromatic heterocycles. The Kier molecular flexibility index (Phi) is 5.41. The number of allylic oxidation sites excluding steroid dienone is 1. The summed E-state index contributed by atoms with van der Waals surface area (Å²) in [7, 11) is 0. The summed E-state index contributed by atoms with van der Waals surface area (Å²) >= 11 is 1.61. The molecule has 0 aliphatic heterocycles. The summed E-state index contributed by atoms with van der Waals surface area (Å²) in [5.41, 5.74) is 2.36. The van der Waals surface area contributed by atoms with Gasteiger partial charge in [0, 0.05) is 10.8 Å². The Balaban J connectivity index is 1.80. The first kappa shape index (κ1) is 15.7. The predicted octanol–water partition coefficient (Wildman–Crippen LogP) is 5.67. The van der Waals surface area contributed by atoms with E-state index in [1.165, 1.54) is 11.1 Å². The molecule has 0 saturated carbocycles. The van der Waals surface area contributed by atoms with Crippen molar-refractivity contribution in [3.63, 3.8) is 0 Å². The third-order valence-corrected chi connectivity index (χ3v) is 4.89. The SMILES string of the molecule is OC(c1cccs1)C(C/C=C/c1ccccc1)c1ccccc1. The van der Waals surface area contributed by atoms with E-state index in [9.17, 15) is 5.11 Å². The number of benzene rings is 2. The molecule has 1 heterocycles. The van der Waals surface area contributed by atoms with Crippen LogP contribution >= 0.6 is 11.3 Å². The van der Waals surface area contributed by atoms with Crippen molar-refractivity contribution in [1.29, 1.82) is 0 Å². The monoisotopic (exact) mass is 320 g/mol. The lowest BCUT2D eigenvalue weighted by atomic mass is 9.89. The molecular formula is C21H20OS. The van der Waals surface area contributed by atoms with Gasteiger partial charge in [0.15, 0.2) is 0 Å². The number of hydrogen-bond acceptors (Lipinski definition) is 2. The van der Waals surface area contributed by atoms with E-state index in [0.717, 1.165) is 11.3 Å². The van der Waals surface area contributed by atoms with Gasteiger partial charge >= 0.3 is 0 Å². The highest BCUT2D eigenvalue weighted by atomic mass is 32.1. The van der Waals surface area contributed by atoms with E-state index in [1.54, 1.807) is 11.3 Å². The minimum Gasteiger partial charge on any atom is -0.387 e. The van der Waals surface area contributed by atoms with Crippen molar-refractivity contribution in [2.75, 3.05) is 0 Å². The molecule has 0 bridgehead atoms. The molecule has 1 nitrogen and oxygen atoms in total. The average Bonchev–Trinajstić information content (AvgIpc) is 3.15. The maximum absolute atomic E-state index is 10.8. The van der Waals surface area contributed by atoms with Gasteiger partial charge < -0.3 is 5.11 Å². The van der Waals surface area contributed by atoms with E-state index in [2.05, 4.69) is 36.4 Å². The van der Waals surface area contributed by atoms with Crippen molar-refractivity contribution in [3.05, 3.63) is 100 Å². The summed E-state index contributed by atoms with van der Waals surface area (Å²) in [5, 5.41) is 12.8. The molecule has 23 heavy (non-hydrogen) atoms. The van der Waals surface area contributed by atoms with Crippen LogP contribution in [0.15, 0.2) is 84.3 Å². The average molecular weight is 320 g/mol. The van der Waals surface area contributed by atoms with Crippen LogP contribution in [0, 0.1) is 0 Å². The molecule has 2 heteroatoms. The van der Waals surface area contributed by atoms with Crippen LogP contribution in [0.1, 0.15) is 34.4 Å². The Morgan fingerprint density at radius 1 is 0.870 bits per heavy atom. The molecule has 2 unspecified atom stereocenters. The van der Waals surface area contributed by atoms with Crippen molar-refractivity contribution in [2.24, 2.45) is 0 Å². The van der Waals surface area contributed by atoms with Gasteiger partial charge in [0.05, 0.1) is 6.10 Å². The Morgan fingerprint density at radius 2 is 1.57 bits per heavy atom. The molecule has 0 aliphatic carbocycles. The predicted molar refractivity (Wildman–Crippen MR) is 98.6 cm³/mol. The van der Waals surface area contributed by atoms with Crippen LogP contribution in [0.2, 0.25) is 0 Å². The zero-order valence-corrected chi connectivity index (χ0v) is 13.7. The summed E-state index contributed by atoms with van der Waals surface area (Å²) in [5.74, 6) is 0.0646. The van der Waals surface area contributed by atoms with Gasteiger partial charge in [0.25, 0.3) is 0 Å². The number of thiophene rings is 1. The van der Waals surface area contributed by atoms with Crippen LogP contribution in [0.3, 0.4) is 0 Å². The van der Waals surface area contributed by atoms with Gasteiger partial charge in [-0.3, -0.25) is 0 Å². The molecule has 0 saturated heterocycles. The lowest BCUT2D eigenvalue weighted by Gasteiger charge is -2.21. The summed E-state index contributed by atoms with van der Waals surface area (Å²) in [6.07, 6.45) is 4.61. The summed E-state index contributed by atoms with van der Waals surface area (Å²) in [4.78, 5) is 1.02. The lowest BCUT2D eigenvalue weighted by Crippen LogP contribution is -2.09. The first-order valence-electron chi connectivity index (χ1n) is 7.82. The fraction of sp³-hybridized carbons (Fsp3) is 0.143. The minimum atomic E-state index is -0.474. The third kappa shape index (κ3) is 4.19. The van der Waals surface area contributed by atoms with Crippen molar-refractivity contribution < 1.29 is 5.11 Å². The zero-order chi connectivity index (χ0) is 15.9. The smallest absolute Gasteiger partial charge is 0.0953 e. The van der Waals surface area contributed by atoms with E-state index in [4.69, 9.17) is 0 Å². The Labute approximate surface area is 141 Å². The maximum atomic E-state index is 10.8. The Morgan fingerprint density at radius 3 is 2.22 bits per heavy atom. The van der Waals surface area contributed by atoms with Gasteiger partial charge in [-0.05, 0) is 29.0 Å². The molecule has 1 N–H and O–H groups in total. The fourth-order valence-corrected chi connectivity index (χ4v) is 3.50. The molecule has 3 rings (SSSR count). The molecule has 0 radical (unpaired) electrons. The first-order valence-corrected chi connectivity index (χ1v) is 8.70. The van der Waals surface area contributed by atoms with Crippen LogP contribution in [-0.4, -0.2) is 5.11 Å². The van der Waals surface area contributed by atoms with E-state index < -0.39 is 6.10 Å². The topological polar surface area (TPSA) is 20.2 Å². The van der Waals surface area contributed by atoms with E-state index >= 15 is 0 Å². The second-order valence-electron chi connectivity index (χ2n) is 5.53. The second kappa shape index (κ2) is 7.91. The highest BCUT2D eigenvalue weighted by Crippen LogP contribution is 2.36. The summed E-state index contributed by atoms with van der Waals surface area (Å²) in [6, 6.07) is 24.5. The molecule has 0 amide bonds. The van der Waals surface area contributed by atoms with E-state index in [0.29, 0.717) is 0 Å². The summed E-state index contributed by atoms with van der Waals surface area (Å²) in [6.45, 7) is 0. The normalized spacial score (nSPS) is 14.0. The maximum Gasteiger partial charge on any atom is 0.0953 e. The van der Waals surface area contributed by atoms with Crippen LogP contribution in [0.5, 0.6) is 0 Å². The minimum absolute atomic E-state index is 0.0646. The molecule has 0 aliphatic rings. The number of rotatable bonds is 6. The number of aliphatic hydroxyl groups excluding tert-OH is 1. The highest BCUT2D eigenvalue weighted by molar-refractivity contribution is 7.10. The molecule has 0 spiro atoms. The number of aliphatic hydroxyl groups is 1. The van der Waals surface area contributed by atoms with Crippen LogP contribution in [-0.2, 0) is 0 Å². The molecule has 2 aromatic carbocycles. The first-order chi connectivity index (χ1) is 11.3. The summed E-state index contributed by atoms with van der Waals surface area (Å²) < 4.78 is 0. The van der Waals surface area contributed by atoms with Gasteiger partial charge in [0.2, 0.25) is 0 Å². The number of hydrogen-bond donors (Lipinski definition) is 1. The van der Waals surface area contributed by atoms with Crippen LogP contribution in [0.25, 0.3) is 6.08 Å². The third-order valence-electron chi connectivity index (χ3n) is 3.94. The quantitative estimate of drug-likeness (QED) is 0.620. The molecule has 3 aromatic rings. The zero-order valence-electron chi connectivity index (χ0n) is 12.9. The van der Waals surface area contributed by atoms with Gasteiger partial charge in [0.1, 0.15) is 0 Å². The van der Waals surface area contributed by atoms with Gasteiger partial charge in [-0.15, -0.1) is 11.3 Å². The Bertz CT molecular complexity index is 717. The van der Waals surface area contributed by atoms with E-state index in [-0.39, 0.29) is 5.92 Å². The molecule has 0 fully saturated rings. The van der Waals surface area contributed by atoms with Gasteiger partial charge in [-0.2, -0.15) is 0 Å². The van der Waals surface area contributed by atoms with E-state index in [1.807, 2.05) is 53.9 Å². The lowest BCUT2D eigenvalue weighted by molar-refractivity contribution is 0.149. The van der Waals surface area contributed by atoms with Gasteiger partial charge in [-0.1, -0.05) is 78.9 Å². The largest absolute Gasteiger partial charge is 0.387 e. The van der Waals surface area contributed by atoms with Crippen molar-refractivity contribution in [2.45, 2.75) is 18.4 Å². The Hall–Kier alpha value is -2.16. The van der Waals surface area contributed by atoms with Crippen molar-refractivity contribution in [1.82, 2.24) is 0 Å². The van der Waals surface area contributed by atoms with Crippen LogP contribution in [0.4, 0.5) is 0 Å². The molecule has 2 atom stereocenters. The molecular weight excluding hydrogens is 300 g/mol. The van der Waals surface area contributed by atoms with Crippen LogP contribution < -0.4 is 0 Å².